The van der Waals surface area contributed by atoms with Crippen molar-refractivity contribution < 1.29 is 14.7 Å². The maximum atomic E-state index is 12.9. The highest BCUT2D eigenvalue weighted by atomic mass is 16.4. The molecule has 2 aliphatic rings. The van der Waals surface area contributed by atoms with Gasteiger partial charge in [0, 0.05) is 17.5 Å². The SMILES string of the molecule is CC(C)=C1[C@H]2C=C[C@@H]1[C@H](C(=O)Nc1cccc(C)c1C)[C@H]2C(=O)O. The molecule has 1 fully saturated rings. The van der Waals surface area contributed by atoms with Crippen LogP contribution in [-0.2, 0) is 9.59 Å². The molecule has 126 valence electrons. The zero-order chi connectivity index (χ0) is 17.6. The zero-order valence-electron chi connectivity index (χ0n) is 14.5. The van der Waals surface area contributed by atoms with Crippen molar-refractivity contribution in [1.29, 1.82) is 0 Å². The standard InChI is InChI=1S/C20H23NO3/c1-10(2)16-13-8-9-14(16)18(20(23)24)17(13)19(22)21-15-7-5-6-11(3)12(15)4/h5-9,13-14,17-18H,1-4H3,(H,21,22)(H,23,24)/t13-,14+,17-,18-/m0/s1. The highest BCUT2D eigenvalue weighted by molar-refractivity contribution is 5.97. The van der Waals surface area contributed by atoms with E-state index in [1.807, 2.05) is 58.0 Å². The van der Waals surface area contributed by atoms with Gasteiger partial charge in [0.1, 0.15) is 0 Å². The van der Waals surface area contributed by atoms with Gasteiger partial charge in [0.05, 0.1) is 11.8 Å². The van der Waals surface area contributed by atoms with E-state index >= 15 is 0 Å². The summed E-state index contributed by atoms with van der Waals surface area (Å²) in [6.45, 7) is 7.94. The molecule has 1 saturated carbocycles. The summed E-state index contributed by atoms with van der Waals surface area (Å²) in [6, 6.07) is 5.75. The number of nitrogens with one attached hydrogen (secondary N) is 1. The van der Waals surface area contributed by atoms with Crippen LogP contribution in [0.3, 0.4) is 0 Å². The van der Waals surface area contributed by atoms with E-state index in [9.17, 15) is 14.7 Å². The van der Waals surface area contributed by atoms with Crippen LogP contribution in [0.15, 0.2) is 41.5 Å². The molecule has 1 aromatic carbocycles. The van der Waals surface area contributed by atoms with Crippen LogP contribution in [0.25, 0.3) is 0 Å². The van der Waals surface area contributed by atoms with Gasteiger partial charge in [-0.15, -0.1) is 0 Å². The summed E-state index contributed by atoms with van der Waals surface area (Å²) < 4.78 is 0. The lowest BCUT2D eigenvalue weighted by molar-refractivity contribution is -0.146. The second-order valence-corrected chi connectivity index (χ2v) is 7.02. The Bertz CT molecular complexity index is 771. The zero-order valence-corrected chi connectivity index (χ0v) is 14.5. The third kappa shape index (κ3) is 2.46. The van der Waals surface area contributed by atoms with E-state index in [2.05, 4.69) is 5.32 Å². The van der Waals surface area contributed by atoms with Gasteiger partial charge in [0.25, 0.3) is 0 Å². The minimum atomic E-state index is -0.897. The summed E-state index contributed by atoms with van der Waals surface area (Å²) in [5.74, 6) is -2.60. The number of carbonyl (C=O) groups excluding carboxylic acids is 1. The Morgan fingerprint density at radius 1 is 1.04 bits per heavy atom. The minimum absolute atomic E-state index is 0.105. The fourth-order valence-corrected chi connectivity index (χ4v) is 4.14. The van der Waals surface area contributed by atoms with Crippen LogP contribution in [0, 0.1) is 37.5 Å². The molecule has 0 aromatic heterocycles. The normalized spacial score (nSPS) is 27.4. The molecule has 24 heavy (non-hydrogen) atoms. The predicted octanol–water partition coefficient (Wildman–Crippen LogP) is 3.71. The number of carboxylic acids is 1. The number of rotatable bonds is 3. The molecule has 0 saturated heterocycles. The number of carbonyl (C=O) groups is 2. The Balaban J connectivity index is 1.94. The lowest BCUT2D eigenvalue weighted by Gasteiger charge is -2.24. The molecular weight excluding hydrogens is 302 g/mol. The fourth-order valence-electron chi connectivity index (χ4n) is 4.14. The van der Waals surface area contributed by atoms with Crippen molar-refractivity contribution in [2.75, 3.05) is 5.32 Å². The maximum Gasteiger partial charge on any atom is 0.308 e. The molecule has 0 aliphatic heterocycles. The monoisotopic (exact) mass is 325 g/mol. The van der Waals surface area contributed by atoms with Gasteiger partial charge >= 0.3 is 5.97 Å². The van der Waals surface area contributed by atoms with Gasteiger partial charge in [-0.05, 0) is 44.9 Å². The van der Waals surface area contributed by atoms with E-state index in [0.717, 1.165) is 28.0 Å². The van der Waals surface area contributed by atoms with Gasteiger partial charge < -0.3 is 10.4 Å². The Morgan fingerprint density at radius 3 is 2.25 bits per heavy atom. The molecule has 2 bridgehead atoms. The maximum absolute atomic E-state index is 12.9. The summed E-state index contributed by atoms with van der Waals surface area (Å²) in [7, 11) is 0. The molecule has 2 N–H and O–H groups in total. The van der Waals surface area contributed by atoms with Crippen LogP contribution in [0.2, 0.25) is 0 Å². The summed E-state index contributed by atoms with van der Waals surface area (Å²) in [5.41, 5.74) is 5.08. The van der Waals surface area contributed by atoms with E-state index in [-0.39, 0.29) is 17.7 Å². The molecule has 1 amide bonds. The van der Waals surface area contributed by atoms with Crippen molar-refractivity contribution in [3.05, 3.63) is 52.6 Å². The third-order valence-corrected chi connectivity index (χ3v) is 5.43. The number of amides is 1. The summed E-state index contributed by atoms with van der Waals surface area (Å²) in [6.07, 6.45) is 3.95. The van der Waals surface area contributed by atoms with Crippen LogP contribution in [0.5, 0.6) is 0 Å². The van der Waals surface area contributed by atoms with Gasteiger partial charge in [-0.1, -0.05) is 35.4 Å². The molecule has 0 spiro atoms. The molecule has 3 rings (SSSR count). The number of fused-ring (bicyclic) bond motifs is 2. The largest absolute Gasteiger partial charge is 0.481 e. The topological polar surface area (TPSA) is 66.4 Å². The Labute approximate surface area is 142 Å². The van der Waals surface area contributed by atoms with Crippen LogP contribution >= 0.6 is 0 Å². The van der Waals surface area contributed by atoms with Gasteiger partial charge in [-0.2, -0.15) is 0 Å². The van der Waals surface area contributed by atoms with Crippen molar-refractivity contribution in [3.63, 3.8) is 0 Å². The number of aryl methyl sites for hydroxylation is 1. The molecule has 0 radical (unpaired) electrons. The first-order valence-corrected chi connectivity index (χ1v) is 8.28. The van der Waals surface area contributed by atoms with E-state index in [1.54, 1.807) is 0 Å². The van der Waals surface area contributed by atoms with E-state index in [1.165, 1.54) is 0 Å². The molecule has 4 heteroatoms. The Kier molecular flexibility index (Phi) is 4.08. The van der Waals surface area contributed by atoms with Crippen LogP contribution in [0.4, 0.5) is 5.69 Å². The van der Waals surface area contributed by atoms with Crippen molar-refractivity contribution in [2.45, 2.75) is 27.7 Å². The molecular formula is C20H23NO3. The van der Waals surface area contributed by atoms with Crippen molar-refractivity contribution in [1.82, 2.24) is 0 Å². The van der Waals surface area contributed by atoms with Gasteiger partial charge in [-0.3, -0.25) is 9.59 Å². The number of carboxylic acid groups (broad SMARTS) is 1. The van der Waals surface area contributed by atoms with Crippen LogP contribution in [-0.4, -0.2) is 17.0 Å². The Morgan fingerprint density at radius 2 is 1.67 bits per heavy atom. The van der Waals surface area contributed by atoms with Crippen molar-refractivity contribution >= 4 is 17.6 Å². The molecule has 0 heterocycles. The van der Waals surface area contributed by atoms with E-state index < -0.39 is 17.8 Å². The van der Waals surface area contributed by atoms with Crippen LogP contribution in [0.1, 0.15) is 25.0 Å². The minimum Gasteiger partial charge on any atom is -0.481 e. The molecule has 4 atom stereocenters. The van der Waals surface area contributed by atoms with E-state index in [4.69, 9.17) is 0 Å². The quantitative estimate of drug-likeness (QED) is 0.833. The number of anilines is 1. The lowest BCUT2D eigenvalue weighted by Crippen LogP contribution is -2.36. The third-order valence-electron chi connectivity index (χ3n) is 5.43. The second-order valence-electron chi connectivity index (χ2n) is 7.02. The lowest BCUT2D eigenvalue weighted by atomic mass is 9.82. The summed E-state index contributed by atoms with van der Waals surface area (Å²) in [4.78, 5) is 24.7. The smallest absolute Gasteiger partial charge is 0.308 e. The van der Waals surface area contributed by atoms with Gasteiger partial charge in [0.2, 0.25) is 5.91 Å². The highest BCUT2D eigenvalue weighted by Gasteiger charge is 2.54. The summed E-state index contributed by atoms with van der Waals surface area (Å²) in [5, 5.41) is 12.6. The van der Waals surface area contributed by atoms with Crippen LogP contribution < -0.4 is 5.32 Å². The van der Waals surface area contributed by atoms with Gasteiger partial charge in [0.15, 0.2) is 0 Å². The number of allylic oxidation sites excluding steroid dienone is 4. The molecule has 2 aliphatic carbocycles. The van der Waals surface area contributed by atoms with E-state index in [0.29, 0.717) is 0 Å². The second kappa shape index (κ2) is 5.93. The average Bonchev–Trinajstić information content (AvgIpc) is 3.07. The number of benzene rings is 1. The molecule has 0 unspecified atom stereocenters. The number of hydrogen-bond donors (Lipinski definition) is 2. The van der Waals surface area contributed by atoms with Gasteiger partial charge in [-0.25, -0.2) is 0 Å². The average molecular weight is 325 g/mol. The number of hydrogen-bond acceptors (Lipinski definition) is 2. The highest BCUT2D eigenvalue weighted by Crippen LogP contribution is 2.53. The fraction of sp³-hybridized carbons (Fsp3) is 0.400. The predicted molar refractivity (Wildman–Crippen MR) is 93.7 cm³/mol. The first-order valence-electron chi connectivity index (χ1n) is 8.28. The molecule has 4 nitrogen and oxygen atoms in total. The van der Waals surface area contributed by atoms with Crippen molar-refractivity contribution in [3.8, 4) is 0 Å². The first-order chi connectivity index (χ1) is 11.3. The molecule has 1 aromatic rings. The Hall–Kier alpha value is -2.36. The van der Waals surface area contributed by atoms with Crippen molar-refractivity contribution in [2.24, 2.45) is 23.7 Å². The number of aliphatic carboxylic acids is 1. The summed E-state index contributed by atoms with van der Waals surface area (Å²) >= 11 is 0. The first kappa shape index (κ1) is 16.5.